The second-order valence-electron chi connectivity index (χ2n) is 5.48. The van der Waals surface area contributed by atoms with Crippen molar-refractivity contribution in [1.29, 1.82) is 0 Å². The number of rotatable bonds is 2. The van der Waals surface area contributed by atoms with Crippen LogP contribution in [-0.2, 0) is 0 Å². The number of fused-ring (bicyclic) bond motifs is 1. The van der Waals surface area contributed by atoms with Crippen molar-refractivity contribution in [3.8, 4) is 11.3 Å². The smallest absolute Gasteiger partial charge is 0.123 e. The molecular formula is C19H16FNO. The van der Waals surface area contributed by atoms with Crippen LogP contribution < -0.4 is 0 Å². The van der Waals surface area contributed by atoms with Crippen LogP contribution >= 0.6 is 0 Å². The van der Waals surface area contributed by atoms with Crippen LogP contribution in [0.2, 0.25) is 0 Å². The molecule has 3 heteroatoms. The Morgan fingerprint density at radius 2 is 1.77 bits per heavy atom. The van der Waals surface area contributed by atoms with E-state index in [0.29, 0.717) is 11.3 Å². The summed E-state index contributed by atoms with van der Waals surface area (Å²) in [5.74, 6) is -0.286. The van der Waals surface area contributed by atoms with Crippen LogP contribution in [0.15, 0.2) is 49.0 Å². The summed E-state index contributed by atoms with van der Waals surface area (Å²) >= 11 is 0. The molecule has 0 unspecified atom stereocenters. The lowest BCUT2D eigenvalue weighted by Crippen LogP contribution is -1.95. The number of aliphatic hydroxyl groups is 1. The van der Waals surface area contributed by atoms with E-state index in [1.54, 1.807) is 18.2 Å². The highest BCUT2D eigenvalue weighted by atomic mass is 19.1. The first kappa shape index (κ1) is 14.3. The van der Waals surface area contributed by atoms with Crippen molar-refractivity contribution in [2.45, 2.75) is 13.8 Å². The third-order valence-electron chi connectivity index (χ3n) is 3.70. The van der Waals surface area contributed by atoms with Gasteiger partial charge in [0.1, 0.15) is 11.6 Å². The number of nitrogens with zero attached hydrogens (tertiary/aromatic N) is 1. The standard InChI is InChI=1S/C19H16FNO/c1-11-8-12(2)19-16(13(3)22)10-17(21-18(19)9-11)14-4-6-15(20)7-5-14/h4-10,22H,3H2,1-2H3. The van der Waals surface area contributed by atoms with Crippen molar-refractivity contribution in [3.63, 3.8) is 0 Å². The van der Waals surface area contributed by atoms with E-state index in [-0.39, 0.29) is 11.6 Å². The van der Waals surface area contributed by atoms with E-state index >= 15 is 0 Å². The van der Waals surface area contributed by atoms with Crippen LogP contribution in [0.1, 0.15) is 16.7 Å². The molecule has 0 aliphatic heterocycles. The van der Waals surface area contributed by atoms with E-state index in [1.165, 1.54) is 12.1 Å². The zero-order valence-electron chi connectivity index (χ0n) is 12.5. The Bertz CT molecular complexity index is 882. The number of benzene rings is 2. The molecule has 0 amide bonds. The molecule has 0 aliphatic carbocycles. The van der Waals surface area contributed by atoms with Gasteiger partial charge in [-0.3, -0.25) is 0 Å². The Kier molecular flexibility index (Phi) is 3.41. The van der Waals surface area contributed by atoms with Crippen LogP contribution in [0, 0.1) is 19.7 Å². The number of aliphatic hydroxyl groups excluding tert-OH is 1. The number of pyridine rings is 1. The molecule has 0 saturated carbocycles. The fourth-order valence-electron chi connectivity index (χ4n) is 2.75. The molecule has 1 aromatic heterocycles. The Balaban J connectivity index is 2.34. The van der Waals surface area contributed by atoms with E-state index in [2.05, 4.69) is 11.6 Å². The van der Waals surface area contributed by atoms with E-state index < -0.39 is 0 Å². The highest BCUT2D eigenvalue weighted by molar-refractivity contribution is 5.94. The van der Waals surface area contributed by atoms with Crippen molar-refractivity contribution >= 4 is 16.7 Å². The Labute approximate surface area is 128 Å². The normalized spacial score (nSPS) is 10.9. The molecule has 0 bridgehead atoms. The number of hydrogen-bond acceptors (Lipinski definition) is 2. The lowest BCUT2D eigenvalue weighted by molar-refractivity contribution is 0.514. The van der Waals surface area contributed by atoms with Crippen molar-refractivity contribution < 1.29 is 9.50 Å². The maximum atomic E-state index is 13.1. The molecule has 1 heterocycles. The fourth-order valence-corrected chi connectivity index (χ4v) is 2.75. The summed E-state index contributed by atoms with van der Waals surface area (Å²) in [6.07, 6.45) is 0. The maximum absolute atomic E-state index is 13.1. The van der Waals surface area contributed by atoms with Gasteiger partial charge in [0.25, 0.3) is 0 Å². The predicted molar refractivity (Wildman–Crippen MR) is 88.3 cm³/mol. The Morgan fingerprint density at radius 1 is 1.09 bits per heavy atom. The second-order valence-corrected chi connectivity index (χ2v) is 5.48. The minimum atomic E-state index is -0.289. The molecule has 2 nitrogen and oxygen atoms in total. The third-order valence-corrected chi connectivity index (χ3v) is 3.70. The zero-order valence-corrected chi connectivity index (χ0v) is 12.5. The van der Waals surface area contributed by atoms with Crippen molar-refractivity contribution in [1.82, 2.24) is 4.98 Å². The van der Waals surface area contributed by atoms with Crippen LogP contribution in [0.4, 0.5) is 4.39 Å². The first-order valence-corrected chi connectivity index (χ1v) is 7.02. The van der Waals surface area contributed by atoms with E-state index in [1.807, 2.05) is 26.0 Å². The van der Waals surface area contributed by atoms with Gasteiger partial charge in [-0.25, -0.2) is 9.37 Å². The summed E-state index contributed by atoms with van der Waals surface area (Å²) in [6, 6.07) is 12.0. The van der Waals surface area contributed by atoms with Gasteiger partial charge in [0.05, 0.1) is 11.2 Å². The first-order chi connectivity index (χ1) is 10.5. The van der Waals surface area contributed by atoms with Crippen LogP contribution in [-0.4, -0.2) is 10.1 Å². The molecule has 3 rings (SSSR count). The van der Waals surface area contributed by atoms with E-state index in [9.17, 15) is 9.50 Å². The van der Waals surface area contributed by atoms with Gasteiger partial charge in [0.2, 0.25) is 0 Å². The van der Waals surface area contributed by atoms with Gasteiger partial charge in [-0.1, -0.05) is 12.6 Å². The minimum Gasteiger partial charge on any atom is -0.508 e. The number of halogens is 1. The summed E-state index contributed by atoms with van der Waals surface area (Å²) in [5, 5.41) is 10.8. The second kappa shape index (κ2) is 5.26. The van der Waals surface area contributed by atoms with Crippen molar-refractivity contribution in [3.05, 3.63) is 71.6 Å². The largest absolute Gasteiger partial charge is 0.508 e. The number of aryl methyl sites for hydroxylation is 2. The van der Waals surface area contributed by atoms with Gasteiger partial charge in [-0.05, 0) is 61.4 Å². The van der Waals surface area contributed by atoms with Gasteiger partial charge < -0.3 is 5.11 Å². The van der Waals surface area contributed by atoms with Gasteiger partial charge >= 0.3 is 0 Å². The highest BCUT2D eigenvalue weighted by Crippen LogP contribution is 2.30. The molecule has 110 valence electrons. The summed E-state index contributed by atoms with van der Waals surface area (Å²) in [4.78, 5) is 4.67. The molecule has 3 aromatic rings. The molecular weight excluding hydrogens is 277 g/mol. The molecule has 0 aliphatic rings. The van der Waals surface area contributed by atoms with Crippen molar-refractivity contribution in [2.75, 3.05) is 0 Å². The minimum absolute atomic E-state index is 0.00251. The van der Waals surface area contributed by atoms with Crippen molar-refractivity contribution in [2.24, 2.45) is 0 Å². The molecule has 0 fully saturated rings. The molecule has 1 N–H and O–H groups in total. The molecule has 2 aromatic carbocycles. The van der Waals surface area contributed by atoms with Crippen LogP contribution in [0.3, 0.4) is 0 Å². The summed E-state index contributed by atoms with van der Waals surface area (Å²) in [6.45, 7) is 7.65. The van der Waals surface area contributed by atoms with Gasteiger partial charge in [0.15, 0.2) is 0 Å². The SMILES string of the molecule is C=C(O)c1cc(-c2ccc(F)cc2)nc2cc(C)cc(C)c12. The lowest BCUT2D eigenvalue weighted by Gasteiger charge is -2.12. The Hall–Kier alpha value is -2.68. The lowest BCUT2D eigenvalue weighted by atomic mass is 9.98. The average Bonchev–Trinajstić information content (AvgIpc) is 2.46. The Morgan fingerprint density at radius 3 is 2.41 bits per heavy atom. The van der Waals surface area contributed by atoms with E-state index in [4.69, 9.17) is 0 Å². The predicted octanol–water partition coefficient (Wildman–Crippen LogP) is 5.19. The topological polar surface area (TPSA) is 33.1 Å². The van der Waals surface area contributed by atoms with Crippen LogP contribution in [0.5, 0.6) is 0 Å². The monoisotopic (exact) mass is 293 g/mol. The molecule has 0 atom stereocenters. The maximum Gasteiger partial charge on any atom is 0.123 e. The number of hydrogen-bond donors (Lipinski definition) is 1. The molecule has 22 heavy (non-hydrogen) atoms. The average molecular weight is 293 g/mol. The quantitative estimate of drug-likeness (QED) is 0.660. The zero-order chi connectivity index (χ0) is 15.9. The van der Waals surface area contributed by atoms with E-state index in [0.717, 1.165) is 27.6 Å². The third kappa shape index (κ3) is 2.46. The molecule has 0 radical (unpaired) electrons. The first-order valence-electron chi connectivity index (χ1n) is 7.02. The fraction of sp³-hybridized carbons (Fsp3) is 0.105. The van der Waals surface area contributed by atoms with Gasteiger partial charge in [-0.15, -0.1) is 0 Å². The molecule has 0 saturated heterocycles. The van der Waals surface area contributed by atoms with Gasteiger partial charge in [0, 0.05) is 16.5 Å². The summed E-state index contributed by atoms with van der Waals surface area (Å²) < 4.78 is 13.1. The number of aromatic nitrogens is 1. The van der Waals surface area contributed by atoms with Gasteiger partial charge in [-0.2, -0.15) is 0 Å². The molecule has 0 spiro atoms. The summed E-state index contributed by atoms with van der Waals surface area (Å²) in [5.41, 5.74) is 5.07. The highest BCUT2D eigenvalue weighted by Gasteiger charge is 2.12. The summed E-state index contributed by atoms with van der Waals surface area (Å²) in [7, 11) is 0. The van der Waals surface area contributed by atoms with Crippen LogP contribution in [0.25, 0.3) is 27.9 Å².